The second kappa shape index (κ2) is 4.53. The zero-order valence-corrected chi connectivity index (χ0v) is 11.3. The molecule has 8 heteroatoms. The maximum Gasteiger partial charge on any atom is 0.330 e. The SMILES string of the molecule is O=C1NC(c2cc(F)ccc2Cl)c2c1csc2[N+](=O)[O-]. The molecule has 2 heterocycles. The Morgan fingerprint density at radius 2 is 2.20 bits per heavy atom. The third-order valence-corrected chi connectivity index (χ3v) is 4.34. The van der Waals surface area contributed by atoms with Crippen LogP contribution in [0.4, 0.5) is 9.39 Å². The number of hydrogen-bond acceptors (Lipinski definition) is 4. The average Bonchev–Trinajstić information content (AvgIpc) is 2.94. The second-order valence-electron chi connectivity index (χ2n) is 4.20. The molecule has 20 heavy (non-hydrogen) atoms. The lowest BCUT2D eigenvalue weighted by Gasteiger charge is -2.13. The summed E-state index contributed by atoms with van der Waals surface area (Å²) in [5.41, 5.74) is 0.796. The van der Waals surface area contributed by atoms with Crippen LogP contribution in [0.25, 0.3) is 0 Å². The molecule has 0 spiro atoms. The van der Waals surface area contributed by atoms with E-state index in [9.17, 15) is 19.3 Å². The molecule has 1 aromatic heterocycles. The van der Waals surface area contributed by atoms with Crippen molar-refractivity contribution in [3.8, 4) is 0 Å². The molecule has 0 radical (unpaired) electrons. The summed E-state index contributed by atoms with van der Waals surface area (Å²) in [6.45, 7) is 0. The van der Waals surface area contributed by atoms with E-state index < -0.39 is 22.7 Å². The van der Waals surface area contributed by atoms with Gasteiger partial charge in [-0.05, 0) is 18.2 Å². The molecule has 102 valence electrons. The van der Waals surface area contributed by atoms with E-state index in [0.717, 1.165) is 11.3 Å². The van der Waals surface area contributed by atoms with Crippen molar-refractivity contribution in [2.24, 2.45) is 0 Å². The van der Waals surface area contributed by atoms with Crippen LogP contribution >= 0.6 is 22.9 Å². The van der Waals surface area contributed by atoms with Gasteiger partial charge in [0.1, 0.15) is 5.82 Å². The van der Waals surface area contributed by atoms with Crippen molar-refractivity contribution in [1.82, 2.24) is 5.32 Å². The van der Waals surface area contributed by atoms with Crippen molar-refractivity contribution in [3.63, 3.8) is 0 Å². The quantitative estimate of drug-likeness (QED) is 0.683. The van der Waals surface area contributed by atoms with E-state index in [-0.39, 0.29) is 21.2 Å². The molecule has 1 N–H and O–H groups in total. The summed E-state index contributed by atoms with van der Waals surface area (Å²) in [5, 5.41) is 15.2. The third-order valence-electron chi connectivity index (χ3n) is 3.05. The van der Waals surface area contributed by atoms with Crippen LogP contribution in [0.2, 0.25) is 5.02 Å². The van der Waals surface area contributed by atoms with Crippen molar-refractivity contribution < 1.29 is 14.1 Å². The van der Waals surface area contributed by atoms with Crippen LogP contribution in [0.5, 0.6) is 0 Å². The monoisotopic (exact) mass is 312 g/mol. The van der Waals surface area contributed by atoms with Crippen LogP contribution in [0.1, 0.15) is 27.5 Å². The molecule has 2 aromatic rings. The number of thiophene rings is 1. The van der Waals surface area contributed by atoms with Gasteiger partial charge in [0.2, 0.25) is 0 Å². The van der Waals surface area contributed by atoms with Crippen molar-refractivity contribution >= 4 is 33.8 Å². The highest BCUT2D eigenvalue weighted by Crippen LogP contribution is 2.43. The molecule has 1 aromatic carbocycles. The van der Waals surface area contributed by atoms with Gasteiger partial charge >= 0.3 is 5.00 Å². The maximum atomic E-state index is 13.4. The Kier molecular flexibility index (Phi) is 2.95. The fourth-order valence-electron chi connectivity index (χ4n) is 2.20. The molecule has 0 saturated heterocycles. The molecule has 0 aliphatic carbocycles. The Morgan fingerprint density at radius 3 is 2.90 bits per heavy atom. The van der Waals surface area contributed by atoms with Gasteiger partial charge in [0.25, 0.3) is 5.91 Å². The molecule has 5 nitrogen and oxygen atoms in total. The number of carbonyl (C=O) groups excluding carboxylic acids is 1. The van der Waals surface area contributed by atoms with E-state index in [4.69, 9.17) is 11.6 Å². The van der Waals surface area contributed by atoms with Crippen LogP contribution in [0.3, 0.4) is 0 Å². The van der Waals surface area contributed by atoms with E-state index >= 15 is 0 Å². The summed E-state index contributed by atoms with van der Waals surface area (Å²) in [6, 6.07) is 2.91. The van der Waals surface area contributed by atoms with Gasteiger partial charge in [0.15, 0.2) is 0 Å². The number of nitro groups is 1. The smallest absolute Gasteiger partial charge is 0.330 e. The van der Waals surface area contributed by atoms with E-state index in [1.807, 2.05) is 0 Å². The van der Waals surface area contributed by atoms with Crippen molar-refractivity contribution in [2.75, 3.05) is 0 Å². The Hall–Kier alpha value is -1.99. The van der Waals surface area contributed by atoms with E-state index in [2.05, 4.69) is 5.32 Å². The Morgan fingerprint density at radius 1 is 1.45 bits per heavy atom. The molecule has 1 aliphatic heterocycles. The highest BCUT2D eigenvalue weighted by molar-refractivity contribution is 7.13. The predicted octanol–water partition coefficient (Wildman–Crippen LogP) is 3.28. The van der Waals surface area contributed by atoms with Gasteiger partial charge in [0, 0.05) is 16.0 Å². The Balaban J connectivity index is 2.19. The first-order valence-corrected chi connectivity index (χ1v) is 6.76. The number of rotatable bonds is 2. The Labute approximate surface area is 121 Å². The predicted molar refractivity (Wildman–Crippen MR) is 71.7 cm³/mol. The first-order valence-electron chi connectivity index (χ1n) is 5.50. The molecular weight excluding hydrogens is 307 g/mol. The van der Waals surface area contributed by atoms with Crippen molar-refractivity contribution in [1.29, 1.82) is 0 Å². The third kappa shape index (κ3) is 1.86. The van der Waals surface area contributed by atoms with Crippen molar-refractivity contribution in [2.45, 2.75) is 6.04 Å². The molecule has 0 saturated carbocycles. The lowest BCUT2D eigenvalue weighted by Crippen LogP contribution is -2.20. The van der Waals surface area contributed by atoms with Gasteiger partial charge in [-0.25, -0.2) is 4.39 Å². The van der Waals surface area contributed by atoms with Gasteiger partial charge in [-0.2, -0.15) is 0 Å². The van der Waals surface area contributed by atoms with Crippen LogP contribution in [0.15, 0.2) is 23.6 Å². The van der Waals surface area contributed by atoms with Gasteiger partial charge < -0.3 is 5.32 Å². The van der Waals surface area contributed by atoms with E-state index in [0.29, 0.717) is 5.56 Å². The highest BCUT2D eigenvalue weighted by Gasteiger charge is 2.39. The zero-order valence-electron chi connectivity index (χ0n) is 9.72. The topological polar surface area (TPSA) is 72.2 Å². The first kappa shape index (κ1) is 13.0. The molecule has 0 bridgehead atoms. The van der Waals surface area contributed by atoms with Gasteiger partial charge in [0.05, 0.1) is 22.1 Å². The minimum absolute atomic E-state index is 0.135. The number of nitrogens with zero attached hydrogens (tertiary/aromatic N) is 1. The molecular formula is C12H6ClFN2O3S. The standard InChI is InChI=1S/C12H6ClFN2O3S/c13-8-2-1-5(14)3-6(8)10-9-7(11(17)15-10)4-20-12(9)16(18)19/h1-4,10H,(H,15,17). The normalized spacial score (nSPS) is 16.9. The number of nitrogens with one attached hydrogen (secondary N) is 1. The minimum atomic E-state index is -0.799. The summed E-state index contributed by atoms with van der Waals surface area (Å²) in [5.74, 6) is -0.945. The summed E-state index contributed by atoms with van der Waals surface area (Å²) >= 11 is 6.88. The summed E-state index contributed by atoms with van der Waals surface area (Å²) in [4.78, 5) is 22.3. The van der Waals surface area contributed by atoms with Crippen LogP contribution in [-0.2, 0) is 0 Å². The van der Waals surface area contributed by atoms with E-state index in [1.54, 1.807) is 0 Å². The van der Waals surface area contributed by atoms with Gasteiger partial charge in [-0.1, -0.05) is 22.9 Å². The summed E-state index contributed by atoms with van der Waals surface area (Å²) in [7, 11) is 0. The van der Waals surface area contributed by atoms with Gasteiger partial charge in [-0.3, -0.25) is 14.9 Å². The fraction of sp³-hybridized carbons (Fsp3) is 0.0833. The zero-order chi connectivity index (χ0) is 14.4. The lowest BCUT2D eigenvalue weighted by atomic mass is 10.0. The summed E-state index contributed by atoms with van der Waals surface area (Å²) in [6.07, 6.45) is 0. The van der Waals surface area contributed by atoms with Crippen molar-refractivity contribution in [3.05, 3.63) is 61.2 Å². The molecule has 1 aliphatic rings. The number of hydrogen-bond donors (Lipinski definition) is 1. The largest absolute Gasteiger partial charge is 0.341 e. The van der Waals surface area contributed by atoms with Gasteiger partial charge in [-0.15, -0.1) is 0 Å². The fourth-order valence-corrected chi connectivity index (χ4v) is 3.33. The highest BCUT2D eigenvalue weighted by atomic mass is 35.5. The first-order chi connectivity index (χ1) is 9.49. The Bertz CT molecular complexity index is 746. The number of halogens is 2. The molecule has 1 unspecified atom stereocenters. The molecule has 1 atom stereocenters. The molecule has 1 amide bonds. The number of benzene rings is 1. The number of carbonyl (C=O) groups is 1. The second-order valence-corrected chi connectivity index (χ2v) is 5.46. The molecule has 3 rings (SSSR count). The van der Waals surface area contributed by atoms with Crippen LogP contribution in [0, 0.1) is 15.9 Å². The number of fused-ring (bicyclic) bond motifs is 1. The average molecular weight is 313 g/mol. The lowest BCUT2D eigenvalue weighted by molar-refractivity contribution is -0.380. The maximum absolute atomic E-state index is 13.4. The minimum Gasteiger partial charge on any atom is -0.341 e. The van der Waals surface area contributed by atoms with Crippen LogP contribution < -0.4 is 5.32 Å². The summed E-state index contributed by atoms with van der Waals surface area (Å²) < 4.78 is 13.4. The number of amides is 1. The molecule has 0 fully saturated rings. The van der Waals surface area contributed by atoms with E-state index in [1.165, 1.54) is 23.6 Å². The van der Waals surface area contributed by atoms with Crippen LogP contribution in [-0.4, -0.2) is 10.8 Å².